The van der Waals surface area contributed by atoms with Crippen molar-refractivity contribution in [3.05, 3.63) is 57.7 Å². The molecule has 0 atom stereocenters. The molecule has 0 unspecified atom stereocenters. The average Bonchev–Trinajstić information content (AvgIpc) is 2.42. The number of hydrogen-bond acceptors (Lipinski definition) is 1. The Hall–Kier alpha value is -1.56. The number of anilines is 2. The molecule has 0 spiro atoms. The van der Waals surface area contributed by atoms with Crippen LogP contribution in [0.2, 0.25) is 0 Å². The molecule has 0 bridgehead atoms. The summed E-state index contributed by atoms with van der Waals surface area (Å²) >= 11 is 2.19. The highest BCUT2D eigenvalue weighted by molar-refractivity contribution is 14.1. The van der Waals surface area contributed by atoms with Gasteiger partial charge >= 0.3 is 6.03 Å². The summed E-state index contributed by atoms with van der Waals surface area (Å²) in [6.07, 6.45) is 0. The lowest BCUT2D eigenvalue weighted by molar-refractivity contribution is 0.262. The van der Waals surface area contributed by atoms with Gasteiger partial charge in [0.15, 0.2) is 0 Å². The number of carbonyl (C=O) groups excluding carboxylic acids is 1. The van der Waals surface area contributed by atoms with Gasteiger partial charge in [0.25, 0.3) is 0 Å². The van der Waals surface area contributed by atoms with Gasteiger partial charge in [-0.2, -0.15) is 0 Å². The van der Waals surface area contributed by atoms with E-state index < -0.39 is 0 Å². The molecule has 104 valence electrons. The molecule has 0 aromatic heterocycles. The van der Waals surface area contributed by atoms with Crippen molar-refractivity contribution in [1.29, 1.82) is 0 Å². The fourth-order valence-electron chi connectivity index (χ4n) is 1.80. The maximum Gasteiger partial charge on any atom is 0.323 e. The lowest BCUT2D eigenvalue weighted by Gasteiger charge is -2.10. The Kier molecular flexibility index (Phi) is 5.00. The standard InChI is InChI=1S/C16H17IN2O/c1-11(2)12-7-9-13(10-8-12)18-16(20)19-15-6-4-3-5-14(15)17/h3-11H,1-2H3,(H2,18,19,20). The highest BCUT2D eigenvalue weighted by atomic mass is 127. The van der Waals surface area contributed by atoms with Crippen molar-refractivity contribution in [2.45, 2.75) is 19.8 Å². The zero-order chi connectivity index (χ0) is 14.5. The van der Waals surface area contributed by atoms with Gasteiger partial charge in [-0.25, -0.2) is 4.79 Å². The Bertz CT molecular complexity index is 594. The van der Waals surface area contributed by atoms with Gasteiger partial charge in [-0.15, -0.1) is 0 Å². The van der Waals surface area contributed by atoms with Crippen LogP contribution in [0.4, 0.5) is 16.2 Å². The largest absolute Gasteiger partial charge is 0.323 e. The van der Waals surface area contributed by atoms with Crippen LogP contribution in [0, 0.1) is 3.57 Å². The van der Waals surface area contributed by atoms with Crippen LogP contribution in [0.1, 0.15) is 25.3 Å². The molecule has 0 saturated carbocycles. The third-order valence-corrected chi connectivity index (χ3v) is 3.90. The number of rotatable bonds is 3. The molecule has 0 saturated heterocycles. The molecule has 4 heteroatoms. The first kappa shape index (κ1) is 14.8. The summed E-state index contributed by atoms with van der Waals surface area (Å²) in [6, 6.07) is 15.3. The summed E-state index contributed by atoms with van der Waals surface area (Å²) in [4.78, 5) is 11.9. The second-order valence-electron chi connectivity index (χ2n) is 4.84. The van der Waals surface area contributed by atoms with E-state index in [4.69, 9.17) is 0 Å². The molecule has 2 rings (SSSR count). The van der Waals surface area contributed by atoms with Crippen LogP contribution in [0.5, 0.6) is 0 Å². The number of urea groups is 1. The van der Waals surface area contributed by atoms with Gasteiger partial charge in [-0.05, 0) is 58.3 Å². The Morgan fingerprint density at radius 2 is 1.65 bits per heavy atom. The van der Waals surface area contributed by atoms with Crippen molar-refractivity contribution < 1.29 is 4.79 Å². The van der Waals surface area contributed by atoms with Crippen molar-refractivity contribution in [3.63, 3.8) is 0 Å². The van der Waals surface area contributed by atoms with Crippen molar-refractivity contribution >= 4 is 40.0 Å². The van der Waals surface area contributed by atoms with Gasteiger partial charge in [0.1, 0.15) is 0 Å². The van der Waals surface area contributed by atoms with Crippen LogP contribution in [-0.2, 0) is 0 Å². The molecule has 2 aromatic rings. The van der Waals surface area contributed by atoms with Gasteiger partial charge in [0.05, 0.1) is 5.69 Å². The predicted molar refractivity (Wildman–Crippen MR) is 92.3 cm³/mol. The summed E-state index contributed by atoms with van der Waals surface area (Å²) in [5, 5.41) is 5.67. The minimum atomic E-state index is -0.230. The van der Waals surface area contributed by atoms with Gasteiger partial charge in [-0.1, -0.05) is 38.1 Å². The third-order valence-electron chi connectivity index (χ3n) is 2.96. The fourth-order valence-corrected chi connectivity index (χ4v) is 2.32. The Balaban J connectivity index is 1.99. The van der Waals surface area contributed by atoms with Crippen LogP contribution < -0.4 is 10.6 Å². The van der Waals surface area contributed by atoms with E-state index in [1.807, 2.05) is 48.5 Å². The molecule has 0 aliphatic rings. The number of halogens is 1. The lowest BCUT2D eigenvalue weighted by atomic mass is 10.0. The Morgan fingerprint density at radius 1 is 1.00 bits per heavy atom. The smallest absolute Gasteiger partial charge is 0.308 e. The molecule has 3 nitrogen and oxygen atoms in total. The van der Waals surface area contributed by atoms with E-state index in [9.17, 15) is 4.79 Å². The van der Waals surface area contributed by atoms with Crippen LogP contribution in [0.15, 0.2) is 48.5 Å². The lowest BCUT2D eigenvalue weighted by Crippen LogP contribution is -2.19. The first-order chi connectivity index (χ1) is 9.56. The molecular formula is C16H17IN2O. The second kappa shape index (κ2) is 6.74. The van der Waals surface area contributed by atoms with E-state index in [0.717, 1.165) is 14.9 Å². The zero-order valence-corrected chi connectivity index (χ0v) is 13.6. The van der Waals surface area contributed by atoms with Crippen LogP contribution >= 0.6 is 22.6 Å². The maximum atomic E-state index is 11.9. The highest BCUT2D eigenvalue weighted by Gasteiger charge is 2.05. The third kappa shape index (κ3) is 3.96. The van der Waals surface area contributed by atoms with E-state index in [0.29, 0.717) is 5.92 Å². The first-order valence-electron chi connectivity index (χ1n) is 6.49. The van der Waals surface area contributed by atoms with Crippen LogP contribution in [0.3, 0.4) is 0 Å². The van der Waals surface area contributed by atoms with Crippen LogP contribution in [-0.4, -0.2) is 6.03 Å². The van der Waals surface area contributed by atoms with Gasteiger partial charge in [0.2, 0.25) is 0 Å². The van der Waals surface area contributed by atoms with E-state index >= 15 is 0 Å². The molecule has 0 aliphatic carbocycles. The van der Waals surface area contributed by atoms with Gasteiger partial charge < -0.3 is 10.6 Å². The number of carbonyl (C=O) groups is 1. The predicted octanol–water partition coefficient (Wildman–Crippen LogP) is 5.06. The molecule has 0 fully saturated rings. The SMILES string of the molecule is CC(C)c1ccc(NC(=O)Nc2ccccc2I)cc1. The molecule has 0 aliphatic heterocycles. The van der Waals surface area contributed by atoms with Crippen LogP contribution in [0.25, 0.3) is 0 Å². The van der Waals surface area contributed by atoms with E-state index in [1.54, 1.807) is 0 Å². The first-order valence-corrected chi connectivity index (χ1v) is 7.56. The summed E-state index contributed by atoms with van der Waals surface area (Å²) in [5.74, 6) is 0.490. The quantitative estimate of drug-likeness (QED) is 0.719. The topological polar surface area (TPSA) is 41.1 Å². The summed E-state index contributed by atoms with van der Waals surface area (Å²) < 4.78 is 1.01. The van der Waals surface area contributed by atoms with Gasteiger partial charge in [0, 0.05) is 9.26 Å². The normalized spacial score (nSPS) is 10.4. The average molecular weight is 380 g/mol. The monoisotopic (exact) mass is 380 g/mol. The van der Waals surface area contributed by atoms with Gasteiger partial charge in [-0.3, -0.25) is 0 Å². The second-order valence-corrected chi connectivity index (χ2v) is 6.00. The Morgan fingerprint density at radius 3 is 2.25 bits per heavy atom. The minimum Gasteiger partial charge on any atom is -0.308 e. The molecule has 2 aromatic carbocycles. The van der Waals surface area contributed by atoms with Crippen molar-refractivity contribution in [2.75, 3.05) is 10.6 Å². The van der Waals surface area contributed by atoms with E-state index in [-0.39, 0.29) is 6.03 Å². The zero-order valence-electron chi connectivity index (χ0n) is 11.5. The molecule has 2 N–H and O–H groups in total. The van der Waals surface area contributed by atoms with Crippen molar-refractivity contribution in [2.24, 2.45) is 0 Å². The molecule has 0 radical (unpaired) electrons. The molecule has 0 heterocycles. The maximum absolute atomic E-state index is 11.9. The summed E-state index contributed by atoms with van der Waals surface area (Å²) in [5.41, 5.74) is 2.86. The number of amides is 2. The summed E-state index contributed by atoms with van der Waals surface area (Å²) in [6.45, 7) is 4.29. The number of hydrogen-bond donors (Lipinski definition) is 2. The van der Waals surface area contributed by atoms with E-state index in [1.165, 1.54) is 5.56 Å². The molecule has 20 heavy (non-hydrogen) atoms. The summed E-state index contributed by atoms with van der Waals surface area (Å²) in [7, 11) is 0. The number of nitrogens with one attached hydrogen (secondary N) is 2. The van der Waals surface area contributed by atoms with Crippen molar-refractivity contribution in [3.8, 4) is 0 Å². The van der Waals surface area contributed by atoms with E-state index in [2.05, 4.69) is 47.1 Å². The van der Waals surface area contributed by atoms with Crippen molar-refractivity contribution in [1.82, 2.24) is 0 Å². The number of para-hydroxylation sites is 1. The minimum absolute atomic E-state index is 0.230. The number of benzene rings is 2. The molecular weight excluding hydrogens is 363 g/mol. The fraction of sp³-hybridized carbons (Fsp3) is 0.188. The Labute approximate surface area is 132 Å². The molecule has 2 amide bonds. The highest BCUT2D eigenvalue weighted by Crippen LogP contribution is 2.19.